The summed E-state index contributed by atoms with van der Waals surface area (Å²) in [6, 6.07) is 5.99. The third-order valence-corrected chi connectivity index (χ3v) is 3.36. The molecule has 0 spiro atoms. The minimum Gasteiger partial charge on any atom is -0.354 e. The Morgan fingerprint density at radius 1 is 1.47 bits per heavy atom. The van der Waals surface area contributed by atoms with Crippen molar-refractivity contribution >= 4 is 21.8 Å². The zero-order chi connectivity index (χ0) is 13.1. The van der Waals surface area contributed by atoms with E-state index in [0.29, 0.717) is 13.1 Å². The lowest BCUT2D eigenvalue weighted by Gasteiger charge is -2.26. The van der Waals surface area contributed by atoms with Crippen LogP contribution < -0.4 is 11.1 Å². The van der Waals surface area contributed by atoms with E-state index in [1.807, 2.05) is 39.0 Å². The molecule has 4 heteroatoms. The van der Waals surface area contributed by atoms with Crippen molar-refractivity contribution in [1.29, 1.82) is 0 Å². The van der Waals surface area contributed by atoms with Crippen LogP contribution in [0.1, 0.15) is 25.0 Å². The number of hydrogen-bond acceptors (Lipinski definition) is 2. The van der Waals surface area contributed by atoms with Gasteiger partial charge in [-0.2, -0.15) is 0 Å². The monoisotopic (exact) mass is 298 g/mol. The first-order chi connectivity index (χ1) is 7.89. The SMILES string of the molecule is Cc1ccc(Br)cc1C(C)(C)C(=O)NCCN. The summed E-state index contributed by atoms with van der Waals surface area (Å²) < 4.78 is 0.984. The molecule has 1 rings (SSSR count). The number of halogens is 1. The molecular weight excluding hydrogens is 280 g/mol. The van der Waals surface area contributed by atoms with Crippen LogP contribution in [-0.2, 0) is 10.2 Å². The van der Waals surface area contributed by atoms with Gasteiger partial charge in [-0.25, -0.2) is 0 Å². The van der Waals surface area contributed by atoms with E-state index in [9.17, 15) is 4.79 Å². The lowest BCUT2D eigenvalue weighted by Crippen LogP contribution is -2.42. The molecule has 0 saturated carbocycles. The Balaban J connectivity index is 3.03. The van der Waals surface area contributed by atoms with Gasteiger partial charge in [0.1, 0.15) is 0 Å². The molecule has 1 aromatic rings. The molecule has 3 nitrogen and oxygen atoms in total. The van der Waals surface area contributed by atoms with Crippen molar-refractivity contribution < 1.29 is 4.79 Å². The second kappa shape index (κ2) is 5.65. The molecular formula is C13H19BrN2O. The molecule has 0 heterocycles. The fraction of sp³-hybridized carbons (Fsp3) is 0.462. The van der Waals surface area contributed by atoms with Gasteiger partial charge in [0, 0.05) is 17.6 Å². The molecule has 1 amide bonds. The number of carbonyl (C=O) groups is 1. The van der Waals surface area contributed by atoms with Crippen LogP contribution in [0.3, 0.4) is 0 Å². The first kappa shape index (κ1) is 14.2. The van der Waals surface area contributed by atoms with Gasteiger partial charge in [-0.15, -0.1) is 0 Å². The van der Waals surface area contributed by atoms with Gasteiger partial charge in [0.25, 0.3) is 0 Å². The van der Waals surface area contributed by atoms with Gasteiger partial charge >= 0.3 is 0 Å². The van der Waals surface area contributed by atoms with Gasteiger partial charge in [0.05, 0.1) is 5.41 Å². The van der Waals surface area contributed by atoms with Gasteiger partial charge in [-0.3, -0.25) is 4.79 Å². The summed E-state index contributed by atoms with van der Waals surface area (Å²) in [6.07, 6.45) is 0. The molecule has 0 unspecified atom stereocenters. The summed E-state index contributed by atoms with van der Waals surface area (Å²) in [6.45, 7) is 6.83. The maximum absolute atomic E-state index is 12.1. The third-order valence-electron chi connectivity index (χ3n) is 2.87. The highest BCUT2D eigenvalue weighted by Gasteiger charge is 2.30. The molecule has 0 aliphatic carbocycles. The molecule has 17 heavy (non-hydrogen) atoms. The molecule has 0 saturated heterocycles. The number of amides is 1. The summed E-state index contributed by atoms with van der Waals surface area (Å²) in [7, 11) is 0. The standard InChI is InChI=1S/C13H19BrN2O/c1-9-4-5-10(14)8-11(9)13(2,3)12(17)16-7-6-15/h4-5,8H,6-7,15H2,1-3H3,(H,16,17). The van der Waals surface area contributed by atoms with Crippen molar-refractivity contribution in [1.82, 2.24) is 5.32 Å². The Morgan fingerprint density at radius 3 is 2.71 bits per heavy atom. The maximum Gasteiger partial charge on any atom is 0.230 e. The van der Waals surface area contributed by atoms with Crippen LogP contribution in [0.15, 0.2) is 22.7 Å². The minimum absolute atomic E-state index is 0.00384. The van der Waals surface area contributed by atoms with Crippen LogP contribution in [0.2, 0.25) is 0 Å². The number of nitrogens with one attached hydrogen (secondary N) is 1. The predicted molar refractivity (Wildman–Crippen MR) is 74.0 cm³/mol. The van der Waals surface area contributed by atoms with Crippen LogP contribution in [0.25, 0.3) is 0 Å². The summed E-state index contributed by atoms with van der Waals surface area (Å²) in [5.74, 6) is 0.00384. The van der Waals surface area contributed by atoms with Crippen LogP contribution >= 0.6 is 15.9 Å². The zero-order valence-electron chi connectivity index (χ0n) is 10.5. The van der Waals surface area contributed by atoms with E-state index >= 15 is 0 Å². The fourth-order valence-electron chi connectivity index (χ4n) is 1.80. The second-order valence-corrected chi connectivity index (χ2v) is 5.54. The summed E-state index contributed by atoms with van der Waals surface area (Å²) in [5, 5.41) is 2.84. The fourth-order valence-corrected chi connectivity index (χ4v) is 2.16. The molecule has 0 aromatic heterocycles. The minimum atomic E-state index is -0.553. The molecule has 0 bridgehead atoms. The Kier molecular flexibility index (Phi) is 4.71. The first-order valence-electron chi connectivity index (χ1n) is 5.64. The molecule has 0 aliphatic heterocycles. The summed E-state index contributed by atoms with van der Waals surface area (Å²) in [4.78, 5) is 12.1. The number of hydrogen-bond donors (Lipinski definition) is 2. The highest BCUT2D eigenvalue weighted by Crippen LogP contribution is 2.29. The number of carbonyl (C=O) groups excluding carboxylic acids is 1. The molecule has 3 N–H and O–H groups in total. The summed E-state index contributed by atoms with van der Waals surface area (Å²) in [5.41, 5.74) is 6.98. The zero-order valence-corrected chi connectivity index (χ0v) is 12.1. The molecule has 94 valence electrons. The number of aryl methyl sites for hydroxylation is 1. The van der Waals surface area contributed by atoms with Crippen molar-refractivity contribution in [3.8, 4) is 0 Å². The van der Waals surface area contributed by atoms with Crippen LogP contribution in [0.4, 0.5) is 0 Å². The molecule has 1 aromatic carbocycles. The quantitative estimate of drug-likeness (QED) is 0.894. The smallest absolute Gasteiger partial charge is 0.230 e. The van der Waals surface area contributed by atoms with Gasteiger partial charge in [0.15, 0.2) is 0 Å². The molecule has 0 radical (unpaired) electrons. The third kappa shape index (κ3) is 3.30. The average molecular weight is 299 g/mol. The maximum atomic E-state index is 12.1. The lowest BCUT2D eigenvalue weighted by molar-refractivity contribution is -0.125. The van der Waals surface area contributed by atoms with Crippen molar-refractivity contribution in [3.05, 3.63) is 33.8 Å². The Morgan fingerprint density at radius 2 is 2.12 bits per heavy atom. The van der Waals surface area contributed by atoms with Crippen molar-refractivity contribution in [2.45, 2.75) is 26.2 Å². The molecule has 0 atom stereocenters. The van der Waals surface area contributed by atoms with Crippen LogP contribution in [0.5, 0.6) is 0 Å². The van der Waals surface area contributed by atoms with E-state index in [2.05, 4.69) is 21.2 Å². The Labute approximate surface area is 111 Å². The first-order valence-corrected chi connectivity index (χ1v) is 6.44. The number of nitrogens with two attached hydrogens (primary N) is 1. The van der Waals surface area contributed by atoms with Crippen molar-refractivity contribution in [2.24, 2.45) is 5.73 Å². The van der Waals surface area contributed by atoms with E-state index in [1.54, 1.807) is 0 Å². The Hall–Kier alpha value is -0.870. The normalized spacial score (nSPS) is 11.4. The van der Waals surface area contributed by atoms with E-state index in [1.165, 1.54) is 0 Å². The molecule has 0 aliphatic rings. The van der Waals surface area contributed by atoms with Crippen molar-refractivity contribution in [2.75, 3.05) is 13.1 Å². The summed E-state index contributed by atoms with van der Waals surface area (Å²) >= 11 is 3.44. The average Bonchev–Trinajstić information content (AvgIpc) is 2.28. The van der Waals surface area contributed by atoms with Gasteiger partial charge < -0.3 is 11.1 Å². The van der Waals surface area contributed by atoms with Gasteiger partial charge in [0.2, 0.25) is 5.91 Å². The van der Waals surface area contributed by atoms with Gasteiger partial charge in [-0.1, -0.05) is 22.0 Å². The Bertz CT molecular complexity index is 416. The lowest BCUT2D eigenvalue weighted by atomic mass is 9.81. The highest BCUT2D eigenvalue weighted by molar-refractivity contribution is 9.10. The van der Waals surface area contributed by atoms with E-state index in [0.717, 1.165) is 15.6 Å². The van der Waals surface area contributed by atoms with E-state index in [-0.39, 0.29) is 5.91 Å². The molecule has 0 fully saturated rings. The van der Waals surface area contributed by atoms with E-state index in [4.69, 9.17) is 5.73 Å². The van der Waals surface area contributed by atoms with Crippen LogP contribution in [0, 0.1) is 6.92 Å². The topological polar surface area (TPSA) is 55.1 Å². The number of rotatable bonds is 4. The van der Waals surface area contributed by atoms with Gasteiger partial charge in [-0.05, 0) is 44.0 Å². The second-order valence-electron chi connectivity index (χ2n) is 4.63. The largest absolute Gasteiger partial charge is 0.354 e. The van der Waals surface area contributed by atoms with Crippen LogP contribution in [-0.4, -0.2) is 19.0 Å². The number of benzene rings is 1. The predicted octanol–water partition coefficient (Wildman–Crippen LogP) is 2.11. The van der Waals surface area contributed by atoms with Crippen molar-refractivity contribution in [3.63, 3.8) is 0 Å². The highest BCUT2D eigenvalue weighted by atomic mass is 79.9. The van der Waals surface area contributed by atoms with E-state index < -0.39 is 5.41 Å².